The maximum atomic E-state index is 12.5. The molecule has 11 nitrogen and oxygen atoms in total. The van der Waals surface area contributed by atoms with E-state index in [1.54, 1.807) is 23.9 Å². The lowest BCUT2D eigenvalue weighted by Crippen LogP contribution is -2.25. The third kappa shape index (κ3) is 4.77. The number of nitrogens with zero attached hydrogens (tertiary/aromatic N) is 4. The standard InChI is InChI=1S/C22H25N7O4S/c1-33-8-2-7-23-21(31)17-6-5-16(34-17)14-10-18(25-13-3-4-13)29-19(26-14)12(11-24-29)9-15-20(30)28-22(32)27-15/h6,9-11,13,16,30H,2-5,7-8H2,1H3,(H,23,31)(H2,27,28,32). The van der Waals surface area contributed by atoms with Crippen molar-refractivity contribution in [2.45, 2.75) is 37.0 Å². The second kappa shape index (κ2) is 9.47. The normalized spacial score (nSPS) is 19.2. The fraction of sp³-hybridized carbons (Fsp3) is 0.409. The number of aromatic nitrogens is 5. The second-order valence-electron chi connectivity index (χ2n) is 8.23. The average Bonchev–Trinajstić information content (AvgIpc) is 3.19. The smallest absolute Gasteiger partial charge is 0.326 e. The minimum absolute atomic E-state index is 0.0268. The molecule has 1 atom stereocenters. The van der Waals surface area contributed by atoms with E-state index in [9.17, 15) is 14.7 Å². The molecule has 178 valence electrons. The summed E-state index contributed by atoms with van der Waals surface area (Å²) in [5, 5.41) is 17.9. The van der Waals surface area contributed by atoms with Crippen molar-refractivity contribution in [1.29, 1.82) is 0 Å². The molecule has 4 N–H and O–H groups in total. The van der Waals surface area contributed by atoms with Gasteiger partial charge >= 0.3 is 5.69 Å². The van der Waals surface area contributed by atoms with E-state index in [-0.39, 0.29) is 28.8 Å². The predicted molar refractivity (Wildman–Crippen MR) is 126 cm³/mol. The monoisotopic (exact) mass is 483 g/mol. The highest BCUT2D eigenvalue weighted by Gasteiger charge is 2.26. The minimum atomic E-state index is -0.500. The van der Waals surface area contributed by atoms with Crippen LogP contribution < -0.4 is 21.7 Å². The molecule has 1 fully saturated rings. The molecule has 12 heteroatoms. The number of H-pyrrole nitrogens is 2. The molecule has 3 aromatic heterocycles. The summed E-state index contributed by atoms with van der Waals surface area (Å²) in [4.78, 5) is 39.2. The first-order valence-corrected chi connectivity index (χ1v) is 12.0. The van der Waals surface area contributed by atoms with Crippen molar-refractivity contribution in [3.05, 3.63) is 55.8 Å². The number of carbonyl (C=O) groups excluding carboxylic acids is 1. The number of hydrogen-bond acceptors (Lipinski definition) is 8. The number of aromatic hydroxyl groups is 1. The van der Waals surface area contributed by atoms with Gasteiger partial charge in [0.2, 0.25) is 5.88 Å². The maximum absolute atomic E-state index is 12.5. The molecule has 0 aromatic carbocycles. The van der Waals surface area contributed by atoms with Gasteiger partial charge in [-0.05, 0) is 31.8 Å². The molecule has 3 aromatic rings. The van der Waals surface area contributed by atoms with Gasteiger partial charge in [-0.25, -0.2) is 9.78 Å². The summed E-state index contributed by atoms with van der Waals surface area (Å²) < 4.78 is 6.69. The second-order valence-corrected chi connectivity index (χ2v) is 9.48. The Morgan fingerprint density at radius 1 is 1.44 bits per heavy atom. The zero-order valence-corrected chi connectivity index (χ0v) is 19.4. The summed E-state index contributed by atoms with van der Waals surface area (Å²) in [6, 6.07) is 2.21. The summed E-state index contributed by atoms with van der Waals surface area (Å²) in [6.45, 7) is 1.17. The van der Waals surface area contributed by atoms with Crippen LogP contribution in [0.1, 0.15) is 42.3 Å². The molecule has 0 radical (unpaired) electrons. The number of rotatable bonds is 8. The van der Waals surface area contributed by atoms with Crippen LogP contribution >= 0.6 is 11.8 Å². The number of ether oxygens (including phenoxy) is 1. The molecular formula is C22H25N7O4S. The Bertz CT molecular complexity index is 1430. The Morgan fingerprint density at radius 2 is 2.29 bits per heavy atom. The largest absolute Gasteiger partial charge is 0.493 e. The highest BCUT2D eigenvalue weighted by molar-refractivity contribution is 8.04. The van der Waals surface area contributed by atoms with E-state index in [0.29, 0.717) is 40.8 Å². The van der Waals surface area contributed by atoms with Crippen LogP contribution in [0.3, 0.4) is 0 Å². The molecule has 0 saturated heterocycles. The lowest BCUT2D eigenvalue weighted by atomic mass is 10.2. The van der Waals surface area contributed by atoms with Crippen molar-refractivity contribution in [3.63, 3.8) is 0 Å². The van der Waals surface area contributed by atoms with E-state index in [1.165, 1.54) is 11.8 Å². The highest BCUT2D eigenvalue weighted by Crippen LogP contribution is 2.42. The maximum Gasteiger partial charge on any atom is 0.326 e. The Hall–Kier alpha value is -3.38. The van der Waals surface area contributed by atoms with Crippen molar-refractivity contribution in [3.8, 4) is 5.88 Å². The van der Waals surface area contributed by atoms with E-state index in [2.05, 4.69) is 20.4 Å². The first-order valence-electron chi connectivity index (χ1n) is 11.1. The predicted octanol–water partition coefficient (Wildman–Crippen LogP) is 0.277. The van der Waals surface area contributed by atoms with Crippen LogP contribution in [-0.2, 0) is 9.53 Å². The molecule has 0 bridgehead atoms. The lowest BCUT2D eigenvalue weighted by Gasteiger charge is -2.10. The van der Waals surface area contributed by atoms with Gasteiger partial charge in [-0.2, -0.15) is 9.61 Å². The molecule has 1 aliphatic carbocycles. The van der Waals surface area contributed by atoms with Crippen LogP contribution in [-0.4, -0.2) is 61.9 Å². The van der Waals surface area contributed by atoms with Crippen LogP contribution in [0.15, 0.2) is 33.0 Å². The van der Waals surface area contributed by atoms with Gasteiger partial charge in [-0.1, -0.05) is 6.08 Å². The van der Waals surface area contributed by atoms with Gasteiger partial charge in [0.05, 0.1) is 28.1 Å². The number of allylic oxidation sites excluding steroid dienone is 1. The van der Waals surface area contributed by atoms with Crippen LogP contribution in [0.2, 0.25) is 0 Å². The van der Waals surface area contributed by atoms with Gasteiger partial charge < -0.3 is 20.1 Å². The quantitative estimate of drug-likeness (QED) is 0.336. The van der Waals surface area contributed by atoms with E-state index >= 15 is 0 Å². The van der Waals surface area contributed by atoms with Crippen LogP contribution in [0.5, 0.6) is 5.88 Å². The van der Waals surface area contributed by atoms with Crippen molar-refractivity contribution in [2.75, 3.05) is 20.3 Å². The Balaban J connectivity index is 1.46. The Labute approximate surface area is 198 Å². The van der Waals surface area contributed by atoms with Crippen molar-refractivity contribution in [1.82, 2.24) is 29.9 Å². The number of imidazole rings is 1. The van der Waals surface area contributed by atoms with Crippen LogP contribution in [0.4, 0.5) is 0 Å². The SMILES string of the molecule is COCCCNC(=O)C1=CCC(c2cc(=NC3CC3)n3ncc(=Cc4[nH]c(=O)[nH]c4O)c3n2)S1. The van der Waals surface area contributed by atoms with Gasteiger partial charge in [0.15, 0.2) is 11.1 Å². The van der Waals surface area contributed by atoms with Crippen LogP contribution in [0.25, 0.3) is 11.7 Å². The molecule has 1 saturated carbocycles. The first kappa shape index (κ1) is 22.4. The third-order valence-corrected chi connectivity index (χ3v) is 6.87. The molecule has 5 rings (SSSR count). The topological polar surface area (TPSA) is 150 Å². The van der Waals surface area contributed by atoms with Crippen LogP contribution in [0, 0.1) is 0 Å². The lowest BCUT2D eigenvalue weighted by molar-refractivity contribution is -0.116. The Morgan fingerprint density at radius 3 is 3.03 bits per heavy atom. The summed E-state index contributed by atoms with van der Waals surface area (Å²) in [7, 11) is 1.64. The number of fused-ring (bicyclic) bond motifs is 1. The van der Waals surface area contributed by atoms with E-state index in [0.717, 1.165) is 25.0 Å². The molecule has 2 aliphatic rings. The molecule has 0 spiro atoms. The Kier molecular flexibility index (Phi) is 6.24. The fourth-order valence-electron chi connectivity index (χ4n) is 3.68. The third-order valence-electron chi connectivity index (χ3n) is 5.55. The first-order chi connectivity index (χ1) is 16.5. The summed E-state index contributed by atoms with van der Waals surface area (Å²) in [6.07, 6.45) is 8.72. The van der Waals surface area contributed by atoms with Gasteiger partial charge in [0.1, 0.15) is 5.69 Å². The molecular weight excluding hydrogens is 458 g/mol. The average molecular weight is 484 g/mol. The minimum Gasteiger partial charge on any atom is -0.493 e. The van der Waals surface area contributed by atoms with Gasteiger partial charge in [-0.3, -0.25) is 14.8 Å². The zero-order chi connectivity index (χ0) is 23.7. The van der Waals surface area contributed by atoms with Crippen molar-refractivity contribution >= 4 is 29.4 Å². The molecule has 1 aliphatic heterocycles. The summed E-state index contributed by atoms with van der Waals surface area (Å²) in [5.74, 6) is -0.335. The van der Waals surface area contributed by atoms with Crippen molar-refractivity contribution < 1.29 is 14.6 Å². The zero-order valence-electron chi connectivity index (χ0n) is 18.6. The van der Waals surface area contributed by atoms with Gasteiger partial charge in [0, 0.05) is 31.5 Å². The van der Waals surface area contributed by atoms with Gasteiger partial charge in [0.25, 0.3) is 5.91 Å². The molecule has 1 amide bonds. The fourth-order valence-corrected chi connectivity index (χ4v) is 4.79. The molecule has 34 heavy (non-hydrogen) atoms. The number of nitrogens with one attached hydrogen (secondary N) is 3. The molecule has 4 heterocycles. The number of carbonyl (C=O) groups is 1. The number of thioether (sulfide) groups is 1. The number of aromatic amines is 2. The number of methoxy groups -OCH3 is 1. The van der Waals surface area contributed by atoms with E-state index < -0.39 is 5.69 Å². The van der Waals surface area contributed by atoms with E-state index in [1.807, 2.05) is 12.1 Å². The highest BCUT2D eigenvalue weighted by atomic mass is 32.2. The van der Waals surface area contributed by atoms with Crippen molar-refractivity contribution in [2.24, 2.45) is 4.99 Å². The number of amides is 1. The molecule has 1 unspecified atom stereocenters. The van der Waals surface area contributed by atoms with Gasteiger partial charge in [-0.15, -0.1) is 11.8 Å². The van der Waals surface area contributed by atoms with E-state index in [4.69, 9.17) is 14.7 Å². The summed E-state index contributed by atoms with van der Waals surface area (Å²) >= 11 is 1.49. The summed E-state index contributed by atoms with van der Waals surface area (Å²) in [5.41, 5.74) is 1.82. The number of hydrogen-bond donors (Lipinski definition) is 4.